The number of nitrogens with zero attached hydrogens (tertiary/aromatic N) is 2. The van der Waals surface area contributed by atoms with Crippen LogP contribution in [0.4, 0.5) is 11.4 Å². The number of phenols is 1. The molecule has 0 aliphatic carbocycles. The smallest absolute Gasteiger partial charge is 0.294 e. The lowest BCUT2D eigenvalue weighted by molar-refractivity contribution is 0.410. The first kappa shape index (κ1) is 21.6. The van der Waals surface area contributed by atoms with Crippen LogP contribution in [0.15, 0.2) is 62.5 Å². The molecule has 0 saturated carbocycles. The van der Waals surface area contributed by atoms with Gasteiger partial charge in [0.05, 0.1) is 12.0 Å². The van der Waals surface area contributed by atoms with E-state index in [2.05, 4.69) is 10.2 Å². The molecule has 0 atom stereocenters. The first-order valence-electron chi connectivity index (χ1n) is 8.23. The van der Waals surface area contributed by atoms with Gasteiger partial charge in [-0.25, -0.2) is 0 Å². The summed E-state index contributed by atoms with van der Waals surface area (Å²) in [6.07, 6.45) is 0. The van der Waals surface area contributed by atoms with E-state index in [1.54, 1.807) is 0 Å². The molecule has 0 saturated heterocycles. The molecule has 0 fully saturated rings. The Bertz CT molecular complexity index is 1400. The number of aromatic hydroxyl groups is 1. The maximum absolute atomic E-state index is 11.5. The largest absolute Gasteiger partial charge is 0.506 e. The van der Waals surface area contributed by atoms with Crippen molar-refractivity contribution in [1.29, 1.82) is 0 Å². The van der Waals surface area contributed by atoms with Crippen LogP contribution in [0.25, 0.3) is 10.8 Å². The minimum absolute atomic E-state index is 0.0213. The fraction of sp³-hybridized carbons (Fsp3) is 0.111. The zero-order valence-electron chi connectivity index (χ0n) is 15.6. The molecular weight excluding hydrogens is 436 g/mol. The van der Waals surface area contributed by atoms with Crippen LogP contribution in [0.3, 0.4) is 0 Å². The van der Waals surface area contributed by atoms with Gasteiger partial charge in [0.25, 0.3) is 20.2 Å². The number of azo groups is 1. The first-order chi connectivity index (χ1) is 13.9. The number of benzene rings is 3. The van der Waals surface area contributed by atoms with Gasteiger partial charge in [-0.1, -0.05) is 12.1 Å². The summed E-state index contributed by atoms with van der Waals surface area (Å²) in [5.41, 5.74) is 0.276. The molecule has 30 heavy (non-hydrogen) atoms. The second-order valence-electron chi connectivity index (χ2n) is 6.21. The summed E-state index contributed by atoms with van der Waals surface area (Å²) in [4.78, 5) is -0.661. The van der Waals surface area contributed by atoms with Crippen molar-refractivity contribution in [3.8, 4) is 11.5 Å². The van der Waals surface area contributed by atoms with Crippen molar-refractivity contribution in [2.24, 2.45) is 10.2 Å². The summed E-state index contributed by atoms with van der Waals surface area (Å²) < 4.78 is 69.2. The van der Waals surface area contributed by atoms with E-state index in [1.807, 2.05) is 0 Å². The standard InChI is InChI=1S/C18H16N2O8S2/c1-10-16(30(25,26)27)8-6-14(18(10)28-2)19-20-17-13-5-4-12(29(22,23)24)9-11(13)3-7-15(17)21/h3-9,21H,1-2H3,(H,22,23,24)(H,25,26,27). The highest BCUT2D eigenvalue weighted by atomic mass is 32.2. The van der Waals surface area contributed by atoms with Gasteiger partial charge in [0.15, 0.2) is 5.75 Å². The van der Waals surface area contributed by atoms with Gasteiger partial charge in [0.2, 0.25) is 0 Å². The van der Waals surface area contributed by atoms with Gasteiger partial charge < -0.3 is 9.84 Å². The number of fused-ring (bicyclic) bond motifs is 1. The van der Waals surface area contributed by atoms with E-state index in [0.717, 1.165) is 12.1 Å². The molecule has 0 amide bonds. The number of ether oxygens (including phenoxy) is 1. The molecule has 0 unspecified atom stereocenters. The molecule has 3 N–H and O–H groups in total. The van der Waals surface area contributed by atoms with Crippen molar-refractivity contribution >= 4 is 42.4 Å². The molecule has 0 spiro atoms. The summed E-state index contributed by atoms with van der Waals surface area (Å²) in [5.74, 6) is -0.182. The third-order valence-corrected chi connectivity index (χ3v) is 6.16. The van der Waals surface area contributed by atoms with Crippen LogP contribution in [0.1, 0.15) is 5.56 Å². The molecule has 0 heterocycles. The molecule has 0 aliphatic rings. The molecule has 0 radical (unpaired) electrons. The summed E-state index contributed by atoms with van der Waals surface area (Å²) in [5, 5.41) is 18.9. The summed E-state index contributed by atoms with van der Waals surface area (Å²) in [7, 11) is -7.58. The lowest BCUT2D eigenvalue weighted by atomic mass is 10.1. The Kier molecular flexibility index (Phi) is 5.52. The molecule has 10 nitrogen and oxygen atoms in total. The number of methoxy groups -OCH3 is 1. The fourth-order valence-electron chi connectivity index (χ4n) is 2.92. The van der Waals surface area contributed by atoms with Crippen LogP contribution in [-0.4, -0.2) is 38.2 Å². The van der Waals surface area contributed by atoms with E-state index >= 15 is 0 Å². The zero-order chi connectivity index (χ0) is 22.3. The van der Waals surface area contributed by atoms with Gasteiger partial charge in [0.1, 0.15) is 22.0 Å². The molecule has 0 aromatic heterocycles. The molecule has 158 valence electrons. The third-order valence-electron chi connectivity index (χ3n) is 4.31. The second kappa shape index (κ2) is 7.65. The minimum Gasteiger partial charge on any atom is -0.506 e. The predicted molar refractivity (Wildman–Crippen MR) is 107 cm³/mol. The monoisotopic (exact) mass is 452 g/mol. The van der Waals surface area contributed by atoms with E-state index in [-0.39, 0.29) is 38.2 Å². The Labute approximate surface area is 172 Å². The normalized spacial score (nSPS) is 12.5. The van der Waals surface area contributed by atoms with Gasteiger partial charge in [-0.3, -0.25) is 9.11 Å². The maximum atomic E-state index is 11.5. The average Bonchev–Trinajstić information content (AvgIpc) is 2.65. The first-order valence-corrected chi connectivity index (χ1v) is 11.1. The highest BCUT2D eigenvalue weighted by Crippen LogP contribution is 2.40. The lowest BCUT2D eigenvalue weighted by Gasteiger charge is -2.11. The highest BCUT2D eigenvalue weighted by molar-refractivity contribution is 7.86. The highest BCUT2D eigenvalue weighted by Gasteiger charge is 2.19. The number of hydrogen-bond donors (Lipinski definition) is 3. The van der Waals surface area contributed by atoms with Crippen LogP contribution in [0, 0.1) is 6.92 Å². The Morgan fingerprint density at radius 1 is 0.900 bits per heavy atom. The average molecular weight is 452 g/mol. The Morgan fingerprint density at radius 2 is 1.60 bits per heavy atom. The minimum atomic E-state index is -4.46. The number of phenolic OH excluding ortho intramolecular Hbond substituents is 1. The van der Waals surface area contributed by atoms with E-state index < -0.39 is 20.2 Å². The maximum Gasteiger partial charge on any atom is 0.294 e. The van der Waals surface area contributed by atoms with Gasteiger partial charge in [-0.2, -0.15) is 16.8 Å². The molecule has 3 aromatic rings. The van der Waals surface area contributed by atoms with Gasteiger partial charge in [0, 0.05) is 10.9 Å². The number of hydrogen-bond acceptors (Lipinski definition) is 8. The Hall–Kier alpha value is -3.06. The summed E-state index contributed by atoms with van der Waals surface area (Å²) in [6.45, 7) is 1.42. The predicted octanol–water partition coefficient (Wildman–Crippen LogP) is 3.77. The van der Waals surface area contributed by atoms with E-state index in [1.165, 1.54) is 44.4 Å². The molecule has 3 aromatic carbocycles. The van der Waals surface area contributed by atoms with Gasteiger partial charge in [-0.15, -0.1) is 10.2 Å². The molecule has 3 rings (SSSR count). The van der Waals surface area contributed by atoms with Crippen molar-refractivity contribution in [2.75, 3.05) is 7.11 Å². The Balaban J connectivity index is 2.15. The lowest BCUT2D eigenvalue weighted by Crippen LogP contribution is -2.02. The summed E-state index contributed by atoms with van der Waals surface area (Å²) in [6, 6.07) is 8.88. The van der Waals surface area contributed by atoms with Crippen molar-refractivity contribution in [3.05, 3.63) is 48.0 Å². The van der Waals surface area contributed by atoms with E-state index in [0.29, 0.717) is 10.8 Å². The van der Waals surface area contributed by atoms with Crippen LogP contribution in [0.2, 0.25) is 0 Å². The molecular formula is C18H16N2O8S2. The van der Waals surface area contributed by atoms with Crippen molar-refractivity contribution < 1.29 is 35.8 Å². The van der Waals surface area contributed by atoms with Crippen molar-refractivity contribution in [2.45, 2.75) is 16.7 Å². The van der Waals surface area contributed by atoms with Gasteiger partial charge >= 0.3 is 0 Å². The van der Waals surface area contributed by atoms with Crippen LogP contribution < -0.4 is 4.74 Å². The van der Waals surface area contributed by atoms with Crippen molar-refractivity contribution in [1.82, 2.24) is 0 Å². The van der Waals surface area contributed by atoms with Crippen LogP contribution in [0.5, 0.6) is 11.5 Å². The molecule has 0 aliphatic heterocycles. The van der Waals surface area contributed by atoms with Gasteiger partial charge in [-0.05, 0) is 42.6 Å². The topological polar surface area (TPSA) is 163 Å². The third kappa shape index (κ3) is 4.11. The van der Waals surface area contributed by atoms with Crippen LogP contribution >= 0.6 is 0 Å². The number of rotatable bonds is 5. The van der Waals surface area contributed by atoms with E-state index in [9.17, 15) is 31.0 Å². The van der Waals surface area contributed by atoms with Crippen LogP contribution in [-0.2, 0) is 20.2 Å². The Morgan fingerprint density at radius 3 is 2.20 bits per heavy atom. The zero-order valence-corrected chi connectivity index (χ0v) is 17.3. The summed E-state index contributed by atoms with van der Waals surface area (Å²) >= 11 is 0. The molecule has 12 heteroatoms. The van der Waals surface area contributed by atoms with Crippen molar-refractivity contribution in [3.63, 3.8) is 0 Å². The molecule has 0 bridgehead atoms. The second-order valence-corrected chi connectivity index (χ2v) is 9.02. The fourth-order valence-corrected chi connectivity index (χ4v) is 4.16. The SMILES string of the molecule is COc1c(N=Nc2c(O)ccc3cc(S(=O)(=O)O)ccc23)ccc(S(=O)(=O)O)c1C. The van der Waals surface area contributed by atoms with E-state index in [4.69, 9.17) is 4.74 Å². The quantitative estimate of drug-likeness (QED) is 0.389.